The molecule has 0 saturated carbocycles. The molecule has 17 heavy (non-hydrogen) atoms. The Morgan fingerprint density at radius 1 is 1.47 bits per heavy atom. The molecule has 0 aliphatic carbocycles. The molecule has 0 aromatic rings. The molecule has 0 aromatic heterocycles. The van der Waals surface area contributed by atoms with Crippen molar-refractivity contribution in [1.29, 1.82) is 0 Å². The topological polar surface area (TPSA) is 84.5 Å². The van der Waals surface area contributed by atoms with Gasteiger partial charge in [0.2, 0.25) is 5.91 Å². The zero-order valence-corrected chi connectivity index (χ0v) is 10.9. The first-order valence-corrected chi connectivity index (χ1v) is 5.54. The van der Waals surface area contributed by atoms with Gasteiger partial charge in [-0.15, -0.1) is 0 Å². The predicted molar refractivity (Wildman–Crippen MR) is 68.8 cm³/mol. The molecular formula is C12H21N3O2. The number of nitrogens with one attached hydrogen (secondary N) is 1. The van der Waals surface area contributed by atoms with Gasteiger partial charge in [-0.2, -0.15) is 0 Å². The van der Waals surface area contributed by atoms with Gasteiger partial charge in [-0.1, -0.05) is 6.08 Å². The van der Waals surface area contributed by atoms with E-state index in [2.05, 4.69) is 10.3 Å². The summed E-state index contributed by atoms with van der Waals surface area (Å²) in [6.45, 7) is 6.86. The summed E-state index contributed by atoms with van der Waals surface area (Å²) in [7, 11) is 0. The number of aldehydes is 1. The van der Waals surface area contributed by atoms with E-state index in [1.807, 2.05) is 6.92 Å². The van der Waals surface area contributed by atoms with Crippen molar-refractivity contribution in [2.45, 2.75) is 45.7 Å². The highest BCUT2D eigenvalue weighted by Gasteiger charge is 2.23. The Labute approximate surface area is 102 Å². The van der Waals surface area contributed by atoms with Crippen LogP contribution >= 0.6 is 0 Å². The van der Waals surface area contributed by atoms with Crippen LogP contribution in [-0.4, -0.2) is 30.0 Å². The molecule has 1 atom stereocenters. The molecule has 1 unspecified atom stereocenters. The van der Waals surface area contributed by atoms with E-state index in [9.17, 15) is 9.59 Å². The fourth-order valence-electron chi connectivity index (χ4n) is 1.17. The third-order valence-corrected chi connectivity index (χ3v) is 2.13. The molecule has 0 aromatic carbocycles. The van der Waals surface area contributed by atoms with Gasteiger partial charge in [0.15, 0.2) is 0 Å². The lowest BCUT2D eigenvalue weighted by atomic mass is 10.1. The first kappa shape index (κ1) is 15.5. The second-order valence-corrected chi connectivity index (χ2v) is 4.31. The quantitative estimate of drug-likeness (QED) is 0.531. The van der Waals surface area contributed by atoms with Crippen LogP contribution in [-0.2, 0) is 9.59 Å². The first-order chi connectivity index (χ1) is 7.86. The van der Waals surface area contributed by atoms with Gasteiger partial charge in [0.25, 0.3) is 0 Å². The Balaban J connectivity index is 4.47. The van der Waals surface area contributed by atoms with E-state index in [4.69, 9.17) is 5.73 Å². The Morgan fingerprint density at radius 2 is 2.06 bits per heavy atom. The highest BCUT2D eigenvalue weighted by Crippen LogP contribution is 2.07. The van der Waals surface area contributed by atoms with Crippen LogP contribution in [0.2, 0.25) is 0 Å². The van der Waals surface area contributed by atoms with Crippen molar-refractivity contribution in [3.63, 3.8) is 0 Å². The van der Waals surface area contributed by atoms with Crippen molar-refractivity contribution in [2.24, 2.45) is 10.7 Å². The molecule has 0 radical (unpaired) electrons. The van der Waals surface area contributed by atoms with E-state index in [1.54, 1.807) is 33.1 Å². The molecule has 0 rings (SSSR count). The number of rotatable bonds is 6. The minimum Gasteiger partial charge on any atom is -0.343 e. The molecule has 96 valence electrons. The van der Waals surface area contributed by atoms with Gasteiger partial charge in [-0.3, -0.25) is 9.79 Å². The van der Waals surface area contributed by atoms with Crippen molar-refractivity contribution >= 4 is 18.4 Å². The summed E-state index contributed by atoms with van der Waals surface area (Å²) >= 11 is 0. The first-order valence-electron chi connectivity index (χ1n) is 5.54. The average molecular weight is 239 g/mol. The highest BCUT2D eigenvalue weighted by molar-refractivity contribution is 5.85. The standard InChI is InChI=1S/C12H21N3O2/c1-5-9(14-6-2)7-10(13)11(17)15-12(3,4)8-16/h5-6,8,10H,7,13H2,1-4H3,(H,15,17)/b9-5-,14-6?. The van der Waals surface area contributed by atoms with E-state index in [1.165, 1.54) is 0 Å². The maximum Gasteiger partial charge on any atom is 0.238 e. The van der Waals surface area contributed by atoms with Gasteiger partial charge in [0.1, 0.15) is 6.29 Å². The molecule has 0 aliphatic heterocycles. The number of nitrogens with two attached hydrogens (primary N) is 1. The molecule has 1 amide bonds. The molecule has 0 fully saturated rings. The summed E-state index contributed by atoms with van der Waals surface area (Å²) in [6, 6.07) is -0.705. The third kappa shape index (κ3) is 5.97. The summed E-state index contributed by atoms with van der Waals surface area (Å²) < 4.78 is 0. The summed E-state index contributed by atoms with van der Waals surface area (Å²) in [4.78, 5) is 26.5. The smallest absolute Gasteiger partial charge is 0.238 e. The number of carbonyl (C=O) groups excluding carboxylic acids is 2. The maximum atomic E-state index is 11.7. The van der Waals surface area contributed by atoms with Gasteiger partial charge in [-0.25, -0.2) is 0 Å². The van der Waals surface area contributed by atoms with Crippen LogP contribution in [0, 0.1) is 0 Å². The van der Waals surface area contributed by atoms with Crippen LogP contribution in [0.25, 0.3) is 0 Å². The van der Waals surface area contributed by atoms with Crippen LogP contribution in [0.5, 0.6) is 0 Å². The molecule has 5 heteroatoms. The molecule has 0 heterocycles. The van der Waals surface area contributed by atoms with Crippen LogP contribution in [0.15, 0.2) is 16.8 Å². The fourth-order valence-corrected chi connectivity index (χ4v) is 1.17. The lowest BCUT2D eigenvalue weighted by Crippen LogP contribution is -2.51. The Bertz CT molecular complexity index is 333. The molecule has 3 N–H and O–H groups in total. The Hall–Kier alpha value is -1.49. The Morgan fingerprint density at radius 3 is 2.47 bits per heavy atom. The van der Waals surface area contributed by atoms with Crippen LogP contribution in [0.3, 0.4) is 0 Å². The predicted octanol–water partition coefficient (Wildman–Crippen LogP) is 0.792. The number of allylic oxidation sites excluding steroid dienone is 1. The summed E-state index contributed by atoms with van der Waals surface area (Å²) in [5.74, 6) is -0.354. The largest absolute Gasteiger partial charge is 0.343 e. The number of carbonyl (C=O) groups is 2. The molecule has 0 aliphatic rings. The van der Waals surface area contributed by atoms with E-state index in [-0.39, 0.29) is 5.91 Å². The van der Waals surface area contributed by atoms with Crippen LogP contribution < -0.4 is 11.1 Å². The van der Waals surface area contributed by atoms with Crippen molar-refractivity contribution in [1.82, 2.24) is 5.32 Å². The van der Waals surface area contributed by atoms with E-state index < -0.39 is 11.6 Å². The number of aliphatic imine (C=N–C) groups is 1. The summed E-state index contributed by atoms with van der Waals surface area (Å²) in [5, 5.41) is 2.57. The molecular weight excluding hydrogens is 218 g/mol. The number of hydrogen-bond donors (Lipinski definition) is 2. The fraction of sp³-hybridized carbons (Fsp3) is 0.583. The second-order valence-electron chi connectivity index (χ2n) is 4.31. The minimum absolute atomic E-state index is 0.349. The van der Waals surface area contributed by atoms with Crippen LogP contribution in [0.4, 0.5) is 0 Å². The normalized spacial score (nSPS) is 14.8. The van der Waals surface area contributed by atoms with Crippen molar-refractivity contribution < 1.29 is 9.59 Å². The average Bonchev–Trinajstić information content (AvgIpc) is 2.27. The zero-order chi connectivity index (χ0) is 13.5. The molecule has 0 bridgehead atoms. The Kier molecular flexibility index (Phi) is 6.35. The van der Waals surface area contributed by atoms with Gasteiger partial charge in [0, 0.05) is 18.3 Å². The van der Waals surface area contributed by atoms with Crippen LogP contribution in [0.1, 0.15) is 34.1 Å². The lowest BCUT2D eigenvalue weighted by molar-refractivity contribution is -0.126. The van der Waals surface area contributed by atoms with Crippen molar-refractivity contribution in [3.8, 4) is 0 Å². The van der Waals surface area contributed by atoms with Gasteiger partial charge >= 0.3 is 0 Å². The van der Waals surface area contributed by atoms with E-state index in [0.29, 0.717) is 12.7 Å². The molecule has 5 nitrogen and oxygen atoms in total. The van der Waals surface area contributed by atoms with Crippen molar-refractivity contribution in [2.75, 3.05) is 0 Å². The summed E-state index contributed by atoms with van der Waals surface area (Å²) in [6.07, 6.45) is 4.48. The number of amides is 1. The molecule has 0 spiro atoms. The monoisotopic (exact) mass is 239 g/mol. The highest BCUT2D eigenvalue weighted by atomic mass is 16.2. The van der Waals surface area contributed by atoms with Gasteiger partial charge < -0.3 is 15.8 Å². The van der Waals surface area contributed by atoms with E-state index in [0.717, 1.165) is 5.70 Å². The van der Waals surface area contributed by atoms with Gasteiger partial charge in [-0.05, 0) is 27.7 Å². The lowest BCUT2D eigenvalue weighted by Gasteiger charge is -2.21. The van der Waals surface area contributed by atoms with Crippen molar-refractivity contribution in [3.05, 3.63) is 11.8 Å². The second kappa shape index (κ2) is 6.96. The number of nitrogens with zero attached hydrogens (tertiary/aromatic N) is 1. The SMILES string of the molecule is CC=N/C(=C\C)CC(N)C(=O)NC(C)(C)C=O. The third-order valence-electron chi connectivity index (χ3n) is 2.13. The minimum atomic E-state index is -0.890. The maximum absolute atomic E-state index is 11.7. The van der Waals surface area contributed by atoms with E-state index >= 15 is 0 Å². The number of hydrogen-bond acceptors (Lipinski definition) is 4. The zero-order valence-electron chi connectivity index (χ0n) is 10.9. The summed E-state index contributed by atoms with van der Waals surface area (Å²) in [5.41, 5.74) is 5.60. The van der Waals surface area contributed by atoms with Gasteiger partial charge in [0.05, 0.1) is 11.6 Å². The molecule has 0 saturated heterocycles.